The van der Waals surface area contributed by atoms with Gasteiger partial charge in [0.25, 0.3) is 0 Å². The number of hydrogen-bond donors (Lipinski definition) is 1. The number of hydrogen-bond acceptors (Lipinski definition) is 6. The van der Waals surface area contributed by atoms with Gasteiger partial charge in [0.1, 0.15) is 19.3 Å². The summed E-state index contributed by atoms with van der Waals surface area (Å²) in [7, 11) is 1.66. The molecule has 42 heavy (non-hydrogen) atoms. The number of allylic oxidation sites excluding steroid dienone is 2. The summed E-state index contributed by atoms with van der Waals surface area (Å²) in [5.74, 6) is -0.401. The predicted octanol–water partition coefficient (Wildman–Crippen LogP) is 8.76. The first-order valence-electron chi connectivity index (χ1n) is 16.9. The van der Waals surface area contributed by atoms with E-state index in [0.717, 1.165) is 12.8 Å². The summed E-state index contributed by atoms with van der Waals surface area (Å²) in [6.45, 7) is 5.05. The molecule has 0 bridgehead atoms. The molecular weight excluding hydrogens is 553 g/mol. The molecule has 0 aliphatic heterocycles. The molecule has 0 aromatic carbocycles. The highest BCUT2D eigenvalue weighted by molar-refractivity contribution is 7.47. The van der Waals surface area contributed by atoms with Crippen LogP contribution in [-0.4, -0.2) is 75.6 Å². The van der Waals surface area contributed by atoms with Crippen LogP contribution >= 0.6 is 7.82 Å². The van der Waals surface area contributed by atoms with Gasteiger partial charge < -0.3 is 18.9 Å². The van der Waals surface area contributed by atoms with E-state index in [1.54, 1.807) is 6.92 Å². The third-order valence-corrected chi connectivity index (χ3v) is 8.12. The monoisotopic (exact) mass is 620 g/mol. The maximum atomic E-state index is 12.2. The van der Waals surface area contributed by atoms with Gasteiger partial charge in [-0.2, -0.15) is 0 Å². The average molecular weight is 621 g/mol. The number of unbranched alkanes of at least 4 members (excludes halogenated alkanes) is 16. The minimum Gasteiger partial charge on any atom is -0.457 e. The Kier molecular flexibility index (Phi) is 27.3. The smallest absolute Gasteiger partial charge is 0.457 e. The zero-order chi connectivity index (χ0) is 31.4. The average Bonchev–Trinajstić information content (AvgIpc) is 2.93. The molecule has 250 valence electrons. The molecular formula is C33H67NO7P+. The van der Waals surface area contributed by atoms with E-state index in [-0.39, 0.29) is 26.2 Å². The van der Waals surface area contributed by atoms with E-state index in [4.69, 9.17) is 18.5 Å². The van der Waals surface area contributed by atoms with E-state index in [1.807, 2.05) is 21.1 Å². The Morgan fingerprint density at radius 3 is 1.71 bits per heavy atom. The van der Waals surface area contributed by atoms with Crippen molar-refractivity contribution in [2.24, 2.45) is 0 Å². The summed E-state index contributed by atoms with van der Waals surface area (Å²) in [5, 5.41) is 0. The van der Waals surface area contributed by atoms with Crippen molar-refractivity contribution in [3.8, 4) is 0 Å². The number of carbonyl (C=O) groups excluding carboxylic acids is 1. The molecule has 0 fully saturated rings. The summed E-state index contributed by atoms with van der Waals surface area (Å²) >= 11 is 0. The molecule has 0 aliphatic carbocycles. The Hall–Kier alpha value is -0.760. The molecule has 0 spiro atoms. The maximum absolute atomic E-state index is 12.2. The molecule has 0 aromatic heterocycles. The fourth-order valence-corrected chi connectivity index (χ4v) is 5.15. The van der Waals surface area contributed by atoms with Crippen LogP contribution in [0.1, 0.15) is 136 Å². The number of carbonyl (C=O) groups is 1. The summed E-state index contributed by atoms with van der Waals surface area (Å²) < 4.78 is 33.9. The van der Waals surface area contributed by atoms with E-state index in [2.05, 4.69) is 19.1 Å². The number of rotatable bonds is 31. The molecule has 9 heteroatoms. The van der Waals surface area contributed by atoms with Gasteiger partial charge in [0, 0.05) is 13.0 Å². The fourth-order valence-electron chi connectivity index (χ4n) is 4.40. The highest BCUT2D eigenvalue weighted by Crippen LogP contribution is 2.43. The van der Waals surface area contributed by atoms with Crippen molar-refractivity contribution in [1.29, 1.82) is 0 Å². The SMILES string of the molecule is CCCCCCCC/C=C\CCCCCCCCCCCCOCC(COP(=O)(O)OCC[N+](C)(C)C)OC(=O)CC. The van der Waals surface area contributed by atoms with Crippen molar-refractivity contribution in [3.63, 3.8) is 0 Å². The normalized spacial score (nSPS) is 14.3. The highest BCUT2D eigenvalue weighted by atomic mass is 31.2. The third kappa shape index (κ3) is 30.7. The molecule has 0 saturated heterocycles. The van der Waals surface area contributed by atoms with Gasteiger partial charge in [-0.3, -0.25) is 13.8 Å². The van der Waals surface area contributed by atoms with E-state index in [1.165, 1.54) is 103 Å². The molecule has 0 radical (unpaired) electrons. The second kappa shape index (κ2) is 27.8. The number of nitrogens with zero attached hydrogens (tertiary/aromatic N) is 1. The summed E-state index contributed by atoms with van der Waals surface area (Å²) in [5.41, 5.74) is 0. The van der Waals surface area contributed by atoms with Crippen LogP contribution in [0, 0.1) is 0 Å². The fraction of sp³-hybridized carbons (Fsp3) is 0.909. The van der Waals surface area contributed by atoms with Gasteiger partial charge in [0.15, 0.2) is 0 Å². The van der Waals surface area contributed by atoms with Gasteiger partial charge in [-0.05, 0) is 32.1 Å². The number of ether oxygens (including phenoxy) is 2. The van der Waals surface area contributed by atoms with Crippen LogP contribution in [0.4, 0.5) is 0 Å². The molecule has 0 amide bonds. The van der Waals surface area contributed by atoms with Crippen molar-refractivity contribution in [1.82, 2.24) is 0 Å². The highest BCUT2D eigenvalue weighted by Gasteiger charge is 2.26. The van der Waals surface area contributed by atoms with Crippen molar-refractivity contribution < 1.29 is 37.3 Å². The van der Waals surface area contributed by atoms with Crippen LogP contribution in [-0.2, 0) is 27.9 Å². The zero-order valence-electron chi connectivity index (χ0n) is 28.0. The second-order valence-corrected chi connectivity index (χ2v) is 14.0. The lowest BCUT2D eigenvalue weighted by atomic mass is 10.1. The standard InChI is InChI=1S/C33H66NO7P/c1-6-8-9-10-11-12-13-14-15-16-17-18-19-20-21-22-23-24-25-26-28-38-30-32(41-33(35)7-2)31-40-42(36,37)39-29-27-34(3,4)5/h14-15,32H,6-13,16-31H2,1-5H3/p+1/b15-14-. The Balaban J connectivity index is 3.73. The topological polar surface area (TPSA) is 91.3 Å². The number of esters is 1. The molecule has 0 saturated carbocycles. The van der Waals surface area contributed by atoms with E-state index in [9.17, 15) is 14.3 Å². The Morgan fingerprint density at radius 2 is 1.21 bits per heavy atom. The first-order valence-corrected chi connectivity index (χ1v) is 18.4. The molecule has 0 heterocycles. The van der Waals surface area contributed by atoms with Crippen LogP contribution < -0.4 is 0 Å². The number of likely N-dealkylation sites (N-methyl/N-ethyl adjacent to an activating group) is 1. The Morgan fingerprint density at radius 1 is 0.714 bits per heavy atom. The van der Waals surface area contributed by atoms with Crippen LogP contribution in [0.2, 0.25) is 0 Å². The van der Waals surface area contributed by atoms with Crippen molar-refractivity contribution in [2.45, 2.75) is 142 Å². The molecule has 0 aliphatic rings. The van der Waals surface area contributed by atoms with Crippen LogP contribution in [0.15, 0.2) is 12.2 Å². The van der Waals surface area contributed by atoms with Gasteiger partial charge in [0.05, 0.1) is 34.4 Å². The van der Waals surface area contributed by atoms with Gasteiger partial charge in [-0.1, -0.05) is 109 Å². The number of phosphoric ester groups is 1. The number of quaternary nitrogens is 1. The first-order chi connectivity index (χ1) is 20.1. The summed E-state index contributed by atoms with van der Waals surface area (Å²) in [6, 6.07) is 0. The minimum atomic E-state index is -4.23. The zero-order valence-corrected chi connectivity index (χ0v) is 28.9. The minimum absolute atomic E-state index is 0.0877. The molecule has 1 N–H and O–H groups in total. The second-order valence-electron chi connectivity index (χ2n) is 12.5. The molecule has 0 rings (SSSR count). The van der Waals surface area contributed by atoms with Gasteiger partial charge in [-0.15, -0.1) is 0 Å². The first kappa shape index (κ1) is 41.2. The van der Waals surface area contributed by atoms with Crippen molar-refractivity contribution >= 4 is 13.8 Å². The Labute approximate surface area is 259 Å². The van der Waals surface area contributed by atoms with Gasteiger partial charge >= 0.3 is 13.8 Å². The van der Waals surface area contributed by atoms with Gasteiger partial charge in [-0.25, -0.2) is 4.57 Å². The van der Waals surface area contributed by atoms with Crippen LogP contribution in [0.5, 0.6) is 0 Å². The van der Waals surface area contributed by atoms with E-state index in [0.29, 0.717) is 17.6 Å². The maximum Gasteiger partial charge on any atom is 0.472 e. The number of phosphoric acid groups is 1. The van der Waals surface area contributed by atoms with Crippen molar-refractivity contribution in [2.75, 3.05) is 54.1 Å². The lowest BCUT2D eigenvalue weighted by Crippen LogP contribution is -2.37. The van der Waals surface area contributed by atoms with E-state index >= 15 is 0 Å². The third-order valence-electron chi connectivity index (χ3n) is 7.13. The largest absolute Gasteiger partial charge is 0.472 e. The Bertz CT molecular complexity index is 696. The summed E-state index contributed by atoms with van der Waals surface area (Å²) in [4.78, 5) is 21.7. The van der Waals surface area contributed by atoms with Gasteiger partial charge in [0.2, 0.25) is 0 Å². The van der Waals surface area contributed by atoms with Crippen molar-refractivity contribution in [3.05, 3.63) is 12.2 Å². The van der Waals surface area contributed by atoms with Crippen LogP contribution in [0.25, 0.3) is 0 Å². The lowest BCUT2D eigenvalue weighted by Gasteiger charge is -2.24. The van der Waals surface area contributed by atoms with Crippen LogP contribution in [0.3, 0.4) is 0 Å². The van der Waals surface area contributed by atoms with E-state index < -0.39 is 19.9 Å². The molecule has 2 unspecified atom stereocenters. The molecule has 2 atom stereocenters. The predicted molar refractivity (Wildman–Crippen MR) is 174 cm³/mol. The molecule has 0 aromatic rings. The quantitative estimate of drug-likeness (QED) is 0.0272. The lowest BCUT2D eigenvalue weighted by molar-refractivity contribution is -0.870. The molecule has 8 nitrogen and oxygen atoms in total. The summed E-state index contributed by atoms with van der Waals surface area (Å²) in [6.07, 6.45) is 27.5.